The summed E-state index contributed by atoms with van der Waals surface area (Å²) in [5, 5.41) is 0. The van der Waals surface area contributed by atoms with E-state index < -0.39 is 0 Å². The fourth-order valence-electron chi connectivity index (χ4n) is 3.72. The van der Waals surface area contributed by atoms with Crippen LogP contribution in [-0.4, -0.2) is 30.1 Å². The molecule has 0 bridgehead atoms. The zero-order chi connectivity index (χ0) is 12.9. The molecule has 0 aliphatic carbocycles. The summed E-state index contributed by atoms with van der Waals surface area (Å²) >= 11 is 0. The minimum absolute atomic E-state index is 0.283. The molecule has 0 aromatic rings. The van der Waals surface area contributed by atoms with Gasteiger partial charge in [0.15, 0.2) is 0 Å². The maximum atomic E-state index is 6.03. The highest BCUT2D eigenvalue weighted by atomic mass is 15.3. The molecule has 0 unspecified atom stereocenters. The quantitative estimate of drug-likeness (QED) is 0.704. The predicted molar refractivity (Wildman–Crippen MR) is 76.2 cm³/mol. The first kappa shape index (κ1) is 15.0. The normalized spacial score (nSPS) is 20.3. The Labute approximate surface area is 108 Å². The van der Waals surface area contributed by atoms with E-state index in [1.54, 1.807) is 0 Å². The zero-order valence-corrected chi connectivity index (χ0v) is 12.4. The summed E-state index contributed by atoms with van der Waals surface area (Å²) in [5.41, 5.74) is 6.94. The Morgan fingerprint density at radius 1 is 1.00 bits per heavy atom. The lowest BCUT2D eigenvalue weighted by atomic mass is 9.69. The van der Waals surface area contributed by atoms with Crippen molar-refractivity contribution in [3.05, 3.63) is 0 Å². The van der Waals surface area contributed by atoms with E-state index in [0.717, 1.165) is 6.54 Å². The lowest BCUT2D eigenvalue weighted by molar-refractivity contribution is -0.0885. The molecule has 0 radical (unpaired) electrons. The monoisotopic (exact) mass is 240 g/mol. The molecule has 1 fully saturated rings. The van der Waals surface area contributed by atoms with Crippen LogP contribution in [0.5, 0.6) is 0 Å². The molecular formula is C15H32N2. The fourth-order valence-corrected chi connectivity index (χ4v) is 3.72. The molecule has 102 valence electrons. The number of hydrogen-bond acceptors (Lipinski definition) is 2. The predicted octanol–water partition coefficient (Wildman–Crippen LogP) is 3.41. The van der Waals surface area contributed by atoms with E-state index >= 15 is 0 Å². The molecule has 0 saturated carbocycles. The molecule has 1 rings (SSSR count). The Morgan fingerprint density at radius 2 is 1.47 bits per heavy atom. The highest BCUT2D eigenvalue weighted by Crippen LogP contribution is 2.44. The van der Waals surface area contributed by atoms with Crippen molar-refractivity contribution in [3.63, 3.8) is 0 Å². The molecule has 0 spiro atoms. The van der Waals surface area contributed by atoms with Crippen molar-refractivity contribution in [1.29, 1.82) is 0 Å². The third-order valence-electron chi connectivity index (χ3n) is 4.98. The van der Waals surface area contributed by atoms with Crippen molar-refractivity contribution >= 4 is 0 Å². The summed E-state index contributed by atoms with van der Waals surface area (Å²) in [7, 11) is 0. The van der Waals surface area contributed by atoms with Crippen molar-refractivity contribution in [2.45, 2.75) is 71.8 Å². The average Bonchev–Trinajstić information content (AvgIpc) is 2.30. The molecule has 0 aromatic carbocycles. The third kappa shape index (κ3) is 2.85. The van der Waals surface area contributed by atoms with Gasteiger partial charge in [-0.3, -0.25) is 4.90 Å². The van der Waals surface area contributed by atoms with E-state index in [2.05, 4.69) is 32.6 Å². The van der Waals surface area contributed by atoms with Crippen molar-refractivity contribution in [3.8, 4) is 0 Å². The summed E-state index contributed by atoms with van der Waals surface area (Å²) in [6, 6.07) is 0. The number of rotatable bonds is 8. The molecule has 2 nitrogen and oxygen atoms in total. The smallest absolute Gasteiger partial charge is 0.0327 e. The van der Waals surface area contributed by atoms with Crippen LogP contribution in [0, 0.1) is 5.41 Å². The molecule has 1 aliphatic rings. The maximum absolute atomic E-state index is 6.03. The molecule has 0 atom stereocenters. The van der Waals surface area contributed by atoms with Gasteiger partial charge in [-0.1, -0.05) is 40.5 Å². The van der Waals surface area contributed by atoms with Gasteiger partial charge in [0.25, 0.3) is 0 Å². The van der Waals surface area contributed by atoms with Crippen molar-refractivity contribution < 1.29 is 0 Å². The van der Waals surface area contributed by atoms with Crippen LogP contribution in [0.1, 0.15) is 66.2 Å². The van der Waals surface area contributed by atoms with Crippen molar-refractivity contribution in [2.24, 2.45) is 11.1 Å². The van der Waals surface area contributed by atoms with E-state index in [1.165, 1.54) is 51.6 Å². The van der Waals surface area contributed by atoms with Gasteiger partial charge in [0.2, 0.25) is 0 Å². The van der Waals surface area contributed by atoms with Gasteiger partial charge in [-0.05, 0) is 31.1 Å². The minimum atomic E-state index is 0.283. The van der Waals surface area contributed by atoms with Crippen LogP contribution in [0.4, 0.5) is 0 Å². The Morgan fingerprint density at radius 3 is 1.76 bits per heavy atom. The van der Waals surface area contributed by atoms with Gasteiger partial charge in [-0.2, -0.15) is 0 Å². The van der Waals surface area contributed by atoms with Crippen LogP contribution in [0.25, 0.3) is 0 Å². The van der Waals surface area contributed by atoms with E-state index in [-0.39, 0.29) is 5.54 Å². The second kappa shape index (κ2) is 6.19. The summed E-state index contributed by atoms with van der Waals surface area (Å²) < 4.78 is 0. The van der Waals surface area contributed by atoms with E-state index in [4.69, 9.17) is 5.73 Å². The molecule has 1 aliphatic heterocycles. The second-order valence-corrected chi connectivity index (χ2v) is 5.99. The average molecular weight is 240 g/mol. The lowest BCUT2D eigenvalue weighted by Crippen LogP contribution is -2.67. The standard InChI is InChI=1S/C15H32N2/c1-5-9-14(10-6-2)12-17(13-14)15(7-3,8-4)11-16/h5-13,16H2,1-4H3. The first-order chi connectivity index (χ1) is 8.12. The SMILES string of the molecule is CCCC1(CCC)CN(C(CC)(CC)CN)C1. The highest BCUT2D eigenvalue weighted by Gasteiger charge is 2.48. The molecule has 1 heterocycles. The lowest BCUT2D eigenvalue weighted by Gasteiger charge is -2.58. The molecule has 0 amide bonds. The largest absolute Gasteiger partial charge is 0.329 e. The van der Waals surface area contributed by atoms with Gasteiger partial charge >= 0.3 is 0 Å². The van der Waals surface area contributed by atoms with Gasteiger partial charge in [-0.25, -0.2) is 0 Å². The van der Waals surface area contributed by atoms with Gasteiger partial charge in [0.1, 0.15) is 0 Å². The molecular weight excluding hydrogens is 208 g/mol. The number of nitrogens with two attached hydrogens (primary N) is 1. The summed E-state index contributed by atoms with van der Waals surface area (Å²) in [5.74, 6) is 0. The zero-order valence-electron chi connectivity index (χ0n) is 12.4. The van der Waals surface area contributed by atoms with Gasteiger partial charge in [0.05, 0.1) is 0 Å². The van der Waals surface area contributed by atoms with Crippen molar-refractivity contribution in [2.75, 3.05) is 19.6 Å². The Balaban J connectivity index is 2.62. The molecule has 1 saturated heterocycles. The first-order valence-corrected chi connectivity index (χ1v) is 7.57. The highest BCUT2D eigenvalue weighted by molar-refractivity contribution is 5.03. The topological polar surface area (TPSA) is 29.3 Å². The van der Waals surface area contributed by atoms with Crippen LogP contribution in [-0.2, 0) is 0 Å². The molecule has 2 heteroatoms. The summed E-state index contributed by atoms with van der Waals surface area (Å²) in [6.45, 7) is 12.6. The van der Waals surface area contributed by atoms with Crippen LogP contribution in [0.3, 0.4) is 0 Å². The number of nitrogens with zero attached hydrogens (tertiary/aromatic N) is 1. The van der Waals surface area contributed by atoms with Crippen LogP contribution < -0.4 is 5.73 Å². The minimum Gasteiger partial charge on any atom is -0.329 e. The van der Waals surface area contributed by atoms with Gasteiger partial charge < -0.3 is 5.73 Å². The van der Waals surface area contributed by atoms with E-state index in [9.17, 15) is 0 Å². The molecule has 17 heavy (non-hydrogen) atoms. The third-order valence-corrected chi connectivity index (χ3v) is 4.98. The Bertz CT molecular complexity index is 199. The van der Waals surface area contributed by atoms with E-state index in [0.29, 0.717) is 5.41 Å². The Hall–Kier alpha value is -0.0800. The second-order valence-electron chi connectivity index (χ2n) is 5.99. The Kier molecular flexibility index (Phi) is 5.46. The van der Waals surface area contributed by atoms with Crippen LogP contribution in [0.2, 0.25) is 0 Å². The van der Waals surface area contributed by atoms with Gasteiger partial charge in [-0.15, -0.1) is 0 Å². The first-order valence-electron chi connectivity index (χ1n) is 7.57. The van der Waals surface area contributed by atoms with Gasteiger partial charge in [0, 0.05) is 25.2 Å². The maximum Gasteiger partial charge on any atom is 0.0327 e. The molecule has 0 aromatic heterocycles. The summed E-state index contributed by atoms with van der Waals surface area (Å²) in [4.78, 5) is 2.66. The van der Waals surface area contributed by atoms with E-state index in [1.807, 2.05) is 0 Å². The van der Waals surface area contributed by atoms with Crippen LogP contribution >= 0.6 is 0 Å². The van der Waals surface area contributed by atoms with Crippen LogP contribution in [0.15, 0.2) is 0 Å². The fraction of sp³-hybridized carbons (Fsp3) is 1.00. The van der Waals surface area contributed by atoms with Crippen molar-refractivity contribution in [1.82, 2.24) is 4.90 Å². The number of hydrogen-bond donors (Lipinski definition) is 1. The summed E-state index contributed by atoms with van der Waals surface area (Å²) in [6.07, 6.45) is 7.81. The molecule has 2 N–H and O–H groups in total. The number of likely N-dealkylation sites (tertiary alicyclic amines) is 1.